The molecule has 0 spiro atoms. The normalized spacial score (nSPS) is 12.0. The lowest BCUT2D eigenvalue weighted by atomic mass is 10.1. The lowest BCUT2D eigenvalue weighted by Gasteiger charge is -2.12. The third kappa shape index (κ3) is 5.39. The molecule has 0 aliphatic heterocycles. The van der Waals surface area contributed by atoms with Crippen LogP contribution in [0.3, 0.4) is 0 Å². The molecular formula is C20H21NO3. The van der Waals surface area contributed by atoms with Gasteiger partial charge in [0.05, 0.1) is 0 Å². The third-order valence-corrected chi connectivity index (χ3v) is 3.47. The van der Waals surface area contributed by atoms with Gasteiger partial charge in [-0.2, -0.15) is 0 Å². The molecule has 0 radical (unpaired) electrons. The summed E-state index contributed by atoms with van der Waals surface area (Å²) in [5.74, 6) is -0.918. The Kier molecular flexibility index (Phi) is 5.90. The Hall–Kier alpha value is -2.88. The lowest BCUT2D eigenvalue weighted by molar-refractivity contribution is -0.148. The molecule has 0 saturated carbocycles. The highest BCUT2D eigenvalue weighted by Crippen LogP contribution is 2.10. The second kappa shape index (κ2) is 8.11. The summed E-state index contributed by atoms with van der Waals surface area (Å²) in [5.41, 5.74) is 3.82. The van der Waals surface area contributed by atoms with Gasteiger partial charge in [0.2, 0.25) is 0 Å². The van der Waals surface area contributed by atoms with Crippen LogP contribution in [-0.2, 0) is 14.3 Å². The van der Waals surface area contributed by atoms with Gasteiger partial charge in [-0.25, -0.2) is 4.79 Å². The molecule has 2 rings (SSSR count). The van der Waals surface area contributed by atoms with Crippen LogP contribution >= 0.6 is 0 Å². The first-order valence-electron chi connectivity index (χ1n) is 7.77. The number of anilines is 1. The van der Waals surface area contributed by atoms with Crippen LogP contribution in [0.15, 0.2) is 54.6 Å². The highest BCUT2D eigenvalue weighted by Gasteiger charge is 2.16. The maximum atomic E-state index is 12.0. The standard InChI is InChI=1S/C20H21NO3/c1-14-4-8-17(9-5-14)10-13-19(22)24-16(3)20(23)21-18-11-6-15(2)7-12-18/h4-13,16H,1-3H3,(H,21,23)/b13-10+/t16-/m1/s1. The quantitative estimate of drug-likeness (QED) is 0.671. The van der Waals surface area contributed by atoms with Crippen molar-refractivity contribution in [3.8, 4) is 0 Å². The molecule has 1 atom stereocenters. The Morgan fingerprint density at radius 2 is 1.50 bits per heavy atom. The number of carbonyl (C=O) groups excluding carboxylic acids is 2. The first-order chi connectivity index (χ1) is 11.4. The van der Waals surface area contributed by atoms with Crippen LogP contribution in [0.25, 0.3) is 6.08 Å². The topological polar surface area (TPSA) is 55.4 Å². The predicted molar refractivity (Wildman–Crippen MR) is 95.6 cm³/mol. The molecule has 1 amide bonds. The van der Waals surface area contributed by atoms with E-state index in [1.165, 1.54) is 6.08 Å². The molecular weight excluding hydrogens is 302 g/mol. The van der Waals surface area contributed by atoms with Crippen molar-refractivity contribution in [1.82, 2.24) is 0 Å². The van der Waals surface area contributed by atoms with E-state index < -0.39 is 12.1 Å². The van der Waals surface area contributed by atoms with Gasteiger partial charge in [0.1, 0.15) is 0 Å². The van der Waals surface area contributed by atoms with Gasteiger partial charge in [0.15, 0.2) is 6.10 Å². The Morgan fingerprint density at radius 1 is 0.958 bits per heavy atom. The SMILES string of the molecule is Cc1ccc(/C=C/C(=O)O[C@H](C)C(=O)Nc2ccc(C)cc2)cc1. The number of ether oxygens (including phenoxy) is 1. The van der Waals surface area contributed by atoms with Crippen LogP contribution in [0.4, 0.5) is 5.69 Å². The molecule has 0 unspecified atom stereocenters. The van der Waals surface area contributed by atoms with Crippen LogP contribution in [0.2, 0.25) is 0 Å². The number of rotatable bonds is 5. The molecule has 0 aromatic heterocycles. The maximum Gasteiger partial charge on any atom is 0.331 e. The molecule has 2 aromatic carbocycles. The van der Waals surface area contributed by atoms with Crippen LogP contribution in [-0.4, -0.2) is 18.0 Å². The molecule has 4 nitrogen and oxygen atoms in total. The van der Waals surface area contributed by atoms with Gasteiger partial charge in [-0.15, -0.1) is 0 Å². The molecule has 0 aliphatic carbocycles. The van der Waals surface area contributed by atoms with Crippen molar-refractivity contribution in [1.29, 1.82) is 0 Å². The molecule has 0 fully saturated rings. The minimum absolute atomic E-state index is 0.365. The van der Waals surface area contributed by atoms with Gasteiger partial charge in [-0.1, -0.05) is 47.5 Å². The van der Waals surface area contributed by atoms with E-state index in [9.17, 15) is 9.59 Å². The van der Waals surface area contributed by atoms with Crippen LogP contribution in [0.1, 0.15) is 23.6 Å². The van der Waals surface area contributed by atoms with E-state index in [1.807, 2.05) is 50.2 Å². The van der Waals surface area contributed by atoms with Crippen LogP contribution in [0.5, 0.6) is 0 Å². The average molecular weight is 323 g/mol. The Bertz CT molecular complexity index is 730. The highest BCUT2D eigenvalue weighted by atomic mass is 16.5. The zero-order valence-electron chi connectivity index (χ0n) is 14.1. The molecule has 4 heteroatoms. The molecule has 124 valence electrons. The maximum absolute atomic E-state index is 12.0. The predicted octanol–water partition coefficient (Wildman–Crippen LogP) is 3.89. The second-order valence-electron chi connectivity index (χ2n) is 5.68. The molecule has 24 heavy (non-hydrogen) atoms. The molecule has 0 bridgehead atoms. The zero-order chi connectivity index (χ0) is 17.5. The van der Waals surface area contributed by atoms with Gasteiger partial charge in [0, 0.05) is 11.8 Å². The number of amides is 1. The van der Waals surface area contributed by atoms with E-state index in [0.29, 0.717) is 5.69 Å². The number of benzene rings is 2. The van der Waals surface area contributed by atoms with Gasteiger partial charge >= 0.3 is 5.97 Å². The number of carbonyl (C=O) groups is 2. The second-order valence-corrected chi connectivity index (χ2v) is 5.68. The first kappa shape index (κ1) is 17.5. The number of hydrogen-bond acceptors (Lipinski definition) is 3. The Morgan fingerprint density at radius 3 is 2.08 bits per heavy atom. The number of hydrogen-bond donors (Lipinski definition) is 1. The van der Waals surface area contributed by atoms with E-state index in [1.54, 1.807) is 25.1 Å². The fourth-order valence-corrected chi connectivity index (χ4v) is 1.99. The summed E-state index contributed by atoms with van der Waals surface area (Å²) in [5, 5.41) is 2.71. The Labute approximate surface area is 142 Å². The van der Waals surface area contributed by atoms with Gasteiger partial charge in [-0.3, -0.25) is 4.79 Å². The van der Waals surface area contributed by atoms with Gasteiger partial charge in [0.25, 0.3) is 5.91 Å². The largest absolute Gasteiger partial charge is 0.449 e. The summed E-state index contributed by atoms with van der Waals surface area (Å²) in [6, 6.07) is 15.1. The number of aryl methyl sites for hydroxylation is 2. The fraction of sp³-hybridized carbons (Fsp3) is 0.200. The Balaban J connectivity index is 1.87. The van der Waals surface area contributed by atoms with Crippen molar-refractivity contribution >= 4 is 23.6 Å². The third-order valence-electron chi connectivity index (χ3n) is 3.47. The fourth-order valence-electron chi connectivity index (χ4n) is 1.99. The minimum Gasteiger partial charge on any atom is -0.449 e. The van der Waals surface area contributed by atoms with Crippen molar-refractivity contribution in [3.63, 3.8) is 0 Å². The average Bonchev–Trinajstić information content (AvgIpc) is 2.56. The summed E-state index contributed by atoms with van der Waals surface area (Å²) in [6.45, 7) is 5.51. The van der Waals surface area contributed by atoms with E-state index in [4.69, 9.17) is 4.74 Å². The number of esters is 1. The zero-order valence-corrected chi connectivity index (χ0v) is 14.1. The van der Waals surface area contributed by atoms with Crippen molar-refractivity contribution in [2.24, 2.45) is 0 Å². The first-order valence-corrected chi connectivity index (χ1v) is 7.77. The van der Waals surface area contributed by atoms with E-state index in [2.05, 4.69) is 5.32 Å². The monoisotopic (exact) mass is 323 g/mol. The molecule has 0 saturated heterocycles. The van der Waals surface area contributed by atoms with E-state index in [0.717, 1.165) is 16.7 Å². The van der Waals surface area contributed by atoms with Gasteiger partial charge < -0.3 is 10.1 Å². The van der Waals surface area contributed by atoms with Crippen LogP contribution < -0.4 is 5.32 Å². The summed E-state index contributed by atoms with van der Waals surface area (Å²) >= 11 is 0. The summed E-state index contributed by atoms with van der Waals surface area (Å²) in [6.07, 6.45) is 2.11. The minimum atomic E-state index is -0.874. The van der Waals surface area contributed by atoms with Crippen molar-refractivity contribution < 1.29 is 14.3 Å². The van der Waals surface area contributed by atoms with Crippen molar-refractivity contribution in [3.05, 3.63) is 71.3 Å². The van der Waals surface area contributed by atoms with E-state index in [-0.39, 0.29) is 5.91 Å². The van der Waals surface area contributed by atoms with E-state index >= 15 is 0 Å². The number of nitrogens with one attached hydrogen (secondary N) is 1. The molecule has 0 heterocycles. The van der Waals surface area contributed by atoms with Crippen LogP contribution in [0, 0.1) is 13.8 Å². The summed E-state index contributed by atoms with van der Waals surface area (Å²) in [7, 11) is 0. The van der Waals surface area contributed by atoms with Crippen molar-refractivity contribution in [2.75, 3.05) is 5.32 Å². The lowest BCUT2D eigenvalue weighted by Crippen LogP contribution is -2.29. The molecule has 2 aromatic rings. The molecule has 0 aliphatic rings. The molecule has 1 N–H and O–H groups in total. The highest BCUT2D eigenvalue weighted by molar-refractivity contribution is 5.96. The summed E-state index contributed by atoms with van der Waals surface area (Å²) < 4.78 is 5.12. The summed E-state index contributed by atoms with van der Waals surface area (Å²) in [4.78, 5) is 23.8. The van der Waals surface area contributed by atoms with Gasteiger partial charge in [-0.05, 0) is 44.5 Å². The van der Waals surface area contributed by atoms with Crippen molar-refractivity contribution in [2.45, 2.75) is 26.9 Å². The smallest absolute Gasteiger partial charge is 0.331 e.